The van der Waals surface area contributed by atoms with Crippen molar-refractivity contribution in [2.75, 3.05) is 0 Å². The van der Waals surface area contributed by atoms with E-state index in [9.17, 15) is 0 Å². The van der Waals surface area contributed by atoms with Gasteiger partial charge in [-0.05, 0) is 24.7 Å². The molecule has 1 N–H and O–H groups in total. The van der Waals surface area contributed by atoms with Gasteiger partial charge in [-0.2, -0.15) is 0 Å². The first-order valence-electron chi connectivity index (χ1n) is 4.55. The van der Waals surface area contributed by atoms with Crippen LogP contribution in [0.25, 0.3) is 0 Å². The number of hydrogen-bond donors (Lipinski definition) is 1. The van der Waals surface area contributed by atoms with Crippen molar-refractivity contribution >= 4 is 0 Å². The number of aromatic nitrogens is 2. The van der Waals surface area contributed by atoms with Crippen molar-refractivity contribution in [3.05, 3.63) is 18.2 Å². The summed E-state index contributed by atoms with van der Waals surface area (Å²) >= 11 is 0. The second kappa shape index (κ2) is 3.74. The molecule has 1 aromatic rings. The van der Waals surface area contributed by atoms with E-state index in [1.165, 1.54) is 18.5 Å². The van der Waals surface area contributed by atoms with Crippen molar-refractivity contribution in [1.29, 1.82) is 0 Å². The van der Waals surface area contributed by atoms with Gasteiger partial charge in [0, 0.05) is 11.9 Å². The highest BCUT2D eigenvalue weighted by atomic mass is 14.9. The lowest BCUT2D eigenvalue weighted by molar-refractivity contribution is 0.365. The SMILES string of the molecule is CC(C)(C)CCCc1cnc[nH]1. The Morgan fingerprint density at radius 2 is 2.17 bits per heavy atom. The Morgan fingerprint density at radius 3 is 2.67 bits per heavy atom. The van der Waals surface area contributed by atoms with Crippen molar-refractivity contribution in [3.63, 3.8) is 0 Å². The van der Waals surface area contributed by atoms with Crippen molar-refractivity contribution < 1.29 is 0 Å². The molecule has 0 bridgehead atoms. The highest BCUT2D eigenvalue weighted by molar-refractivity contribution is 4.93. The third kappa shape index (κ3) is 3.56. The van der Waals surface area contributed by atoms with Gasteiger partial charge in [0.15, 0.2) is 0 Å². The second-order valence-electron chi connectivity index (χ2n) is 4.49. The Morgan fingerprint density at radius 1 is 1.42 bits per heavy atom. The quantitative estimate of drug-likeness (QED) is 0.735. The summed E-state index contributed by atoms with van der Waals surface area (Å²) in [6.45, 7) is 6.83. The number of aryl methyl sites for hydroxylation is 1. The van der Waals surface area contributed by atoms with E-state index < -0.39 is 0 Å². The fourth-order valence-electron chi connectivity index (χ4n) is 1.23. The molecule has 0 amide bonds. The van der Waals surface area contributed by atoms with Gasteiger partial charge in [0.2, 0.25) is 0 Å². The first-order chi connectivity index (χ1) is 5.58. The summed E-state index contributed by atoms with van der Waals surface area (Å²) < 4.78 is 0. The Hall–Kier alpha value is -0.790. The minimum Gasteiger partial charge on any atom is -0.348 e. The zero-order chi connectivity index (χ0) is 9.03. The Bertz CT molecular complexity index is 206. The van der Waals surface area contributed by atoms with Crippen LogP contribution in [0.2, 0.25) is 0 Å². The molecule has 1 rings (SSSR count). The first kappa shape index (κ1) is 9.30. The number of imidazole rings is 1. The molecule has 0 aliphatic rings. The van der Waals surface area contributed by atoms with Crippen molar-refractivity contribution in [2.45, 2.75) is 40.0 Å². The predicted molar refractivity (Wildman–Crippen MR) is 51.0 cm³/mol. The fourth-order valence-corrected chi connectivity index (χ4v) is 1.23. The monoisotopic (exact) mass is 166 g/mol. The van der Waals surface area contributed by atoms with Crippen LogP contribution in [0, 0.1) is 5.41 Å². The number of nitrogens with zero attached hydrogens (tertiary/aromatic N) is 1. The highest BCUT2D eigenvalue weighted by Crippen LogP contribution is 2.21. The summed E-state index contributed by atoms with van der Waals surface area (Å²) in [7, 11) is 0. The number of hydrogen-bond acceptors (Lipinski definition) is 1. The van der Waals surface area contributed by atoms with Crippen LogP contribution >= 0.6 is 0 Å². The average Bonchev–Trinajstić information content (AvgIpc) is 2.36. The van der Waals surface area contributed by atoms with Gasteiger partial charge in [-0.3, -0.25) is 0 Å². The lowest BCUT2D eigenvalue weighted by atomic mass is 9.89. The lowest BCUT2D eigenvalue weighted by Gasteiger charge is -2.16. The first-order valence-corrected chi connectivity index (χ1v) is 4.55. The van der Waals surface area contributed by atoms with Gasteiger partial charge in [0.25, 0.3) is 0 Å². The van der Waals surface area contributed by atoms with Gasteiger partial charge in [-0.15, -0.1) is 0 Å². The van der Waals surface area contributed by atoms with E-state index in [4.69, 9.17) is 0 Å². The molecule has 0 atom stereocenters. The molecule has 2 heteroatoms. The Balaban J connectivity index is 2.20. The molecule has 1 aromatic heterocycles. The molecular formula is C10H18N2. The third-order valence-corrected chi connectivity index (χ3v) is 1.93. The summed E-state index contributed by atoms with van der Waals surface area (Å²) in [5, 5.41) is 0. The van der Waals surface area contributed by atoms with Gasteiger partial charge in [-0.25, -0.2) is 4.98 Å². The summed E-state index contributed by atoms with van der Waals surface area (Å²) in [4.78, 5) is 7.09. The number of H-pyrrole nitrogens is 1. The standard InChI is InChI=1S/C10H18N2/c1-10(2,3)6-4-5-9-7-11-8-12-9/h7-8H,4-6H2,1-3H3,(H,11,12). The van der Waals surface area contributed by atoms with Crippen molar-refractivity contribution in [2.24, 2.45) is 5.41 Å². The molecular weight excluding hydrogens is 148 g/mol. The lowest BCUT2D eigenvalue weighted by Crippen LogP contribution is -2.04. The minimum atomic E-state index is 0.458. The normalized spacial score (nSPS) is 11.9. The molecule has 0 unspecified atom stereocenters. The van der Waals surface area contributed by atoms with Crippen LogP contribution in [0.1, 0.15) is 39.3 Å². The van der Waals surface area contributed by atoms with E-state index in [1.807, 2.05) is 6.20 Å². The van der Waals surface area contributed by atoms with Crippen LogP contribution in [0.3, 0.4) is 0 Å². The molecule has 1 heterocycles. The summed E-state index contributed by atoms with van der Waals surface area (Å²) in [5.41, 5.74) is 1.71. The molecule has 0 saturated carbocycles. The number of aromatic amines is 1. The maximum atomic E-state index is 3.98. The molecule has 0 aromatic carbocycles. The van der Waals surface area contributed by atoms with Crippen molar-refractivity contribution in [3.8, 4) is 0 Å². The summed E-state index contributed by atoms with van der Waals surface area (Å²) in [6.07, 6.45) is 7.28. The van der Waals surface area contributed by atoms with E-state index in [0.717, 1.165) is 6.42 Å². The molecule has 0 aliphatic heterocycles. The van der Waals surface area contributed by atoms with E-state index in [1.54, 1.807) is 6.33 Å². The molecule has 0 fully saturated rings. The molecule has 0 aliphatic carbocycles. The highest BCUT2D eigenvalue weighted by Gasteiger charge is 2.09. The molecule has 0 spiro atoms. The maximum Gasteiger partial charge on any atom is 0.0921 e. The molecule has 0 radical (unpaired) electrons. The fraction of sp³-hybridized carbons (Fsp3) is 0.700. The van der Waals surface area contributed by atoms with E-state index >= 15 is 0 Å². The molecule has 2 nitrogen and oxygen atoms in total. The van der Waals surface area contributed by atoms with E-state index in [0.29, 0.717) is 5.41 Å². The topological polar surface area (TPSA) is 28.7 Å². The van der Waals surface area contributed by atoms with Crippen LogP contribution < -0.4 is 0 Å². The zero-order valence-electron chi connectivity index (χ0n) is 8.22. The van der Waals surface area contributed by atoms with Gasteiger partial charge < -0.3 is 4.98 Å². The zero-order valence-corrected chi connectivity index (χ0v) is 8.22. The Labute approximate surface area is 74.4 Å². The van der Waals surface area contributed by atoms with Gasteiger partial charge in [-0.1, -0.05) is 20.8 Å². The molecule has 12 heavy (non-hydrogen) atoms. The van der Waals surface area contributed by atoms with Crippen LogP contribution in [0.15, 0.2) is 12.5 Å². The van der Waals surface area contributed by atoms with Crippen LogP contribution in [-0.2, 0) is 6.42 Å². The van der Waals surface area contributed by atoms with Gasteiger partial charge in [0.05, 0.1) is 6.33 Å². The van der Waals surface area contributed by atoms with Gasteiger partial charge in [0.1, 0.15) is 0 Å². The summed E-state index contributed by atoms with van der Waals surface area (Å²) in [6, 6.07) is 0. The van der Waals surface area contributed by atoms with E-state index in [-0.39, 0.29) is 0 Å². The molecule has 0 saturated heterocycles. The average molecular weight is 166 g/mol. The van der Waals surface area contributed by atoms with Crippen LogP contribution in [0.5, 0.6) is 0 Å². The van der Waals surface area contributed by atoms with Gasteiger partial charge >= 0.3 is 0 Å². The minimum absolute atomic E-state index is 0.458. The third-order valence-electron chi connectivity index (χ3n) is 1.93. The number of nitrogens with one attached hydrogen (secondary N) is 1. The van der Waals surface area contributed by atoms with Crippen LogP contribution in [-0.4, -0.2) is 9.97 Å². The number of rotatable bonds is 3. The van der Waals surface area contributed by atoms with Crippen molar-refractivity contribution in [1.82, 2.24) is 9.97 Å². The Kier molecular flexibility index (Phi) is 2.90. The molecule has 68 valence electrons. The smallest absolute Gasteiger partial charge is 0.0921 e. The predicted octanol–water partition coefficient (Wildman–Crippen LogP) is 2.78. The van der Waals surface area contributed by atoms with E-state index in [2.05, 4.69) is 30.7 Å². The second-order valence-corrected chi connectivity index (χ2v) is 4.49. The largest absolute Gasteiger partial charge is 0.348 e. The maximum absolute atomic E-state index is 3.98. The van der Waals surface area contributed by atoms with Crippen LogP contribution in [0.4, 0.5) is 0 Å². The summed E-state index contributed by atoms with van der Waals surface area (Å²) in [5.74, 6) is 0.